The first-order valence-electron chi connectivity index (χ1n) is 7.16. The summed E-state index contributed by atoms with van der Waals surface area (Å²) in [5.74, 6) is 0.277. The van der Waals surface area contributed by atoms with Crippen LogP contribution >= 0.6 is 11.6 Å². The van der Waals surface area contributed by atoms with Crippen molar-refractivity contribution < 1.29 is 9.53 Å². The molecule has 0 spiro atoms. The Morgan fingerprint density at radius 1 is 1.21 bits per heavy atom. The van der Waals surface area contributed by atoms with Crippen molar-refractivity contribution in [1.29, 1.82) is 5.26 Å². The summed E-state index contributed by atoms with van der Waals surface area (Å²) >= 11 is 5.81. The van der Waals surface area contributed by atoms with E-state index < -0.39 is 5.91 Å². The summed E-state index contributed by atoms with van der Waals surface area (Å²) in [6.45, 7) is 0.317. The van der Waals surface area contributed by atoms with Gasteiger partial charge in [-0.1, -0.05) is 23.7 Å². The maximum Gasteiger partial charge on any atom is 0.263 e. The highest BCUT2D eigenvalue weighted by atomic mass is 35.5. The highest BCUT2D eigenvalue weighted by Gasteiger charge is 2.08. The van der Waals surface area contributed by atoms with E-state index in [2.05, 4.69) is 10.6 Å². The summed E-state index contributed by atoms with van der Waals surface area (Å²) < 4.78 is 5.07. The summed E-state index contributed by atoms with van der Waals surface area (Å²) in [4.78, 5) is 12.0. The lowest BCUT2D eigenvalue weighted by atomic mass is 10.2. The minimum absolute atomic E-state index is 0.0141. The van der Waals surface area contributed by atoms with E-state index in [1.165, 1.54) is 6.20 Å². The lowest BCUT2D eigenvalue weighted by Gasteiger charge is -2.06. The van der Waals surface area contributed by atoms with Crippen molar-refractivity contribution in [2.24, 2.45) is 0 Å². The lowest BCUT2D eigenvalue weighted by Crippen LogP contribution is -2.24. The number of nitriles is 1. The van der Waals surface area contributed by atoms with Crippen molar-refractivity contribution in [1.82, 2.24) is 5.32 Å². The monoisotopic (exact) mass is 341 g/mol. The van der Waals surface area contributed by atoms with Crippen molar-refractivity contribution in [2.75, 3.05) is 12.4 Å². The smallest absolute Gasteiger partial charge is 0.263 e. The molecule has 2 aromatic carbocycles. The Kier molecular flexibility index (Phi) is 6.23. The van der Waals surface area contributed by atoms with Crippen LogP contribution in [0.3, 0.4) is 0 Å². The van der Waals surface area contributed by atoms with Crippen LogP contribution in [-0.4, -0.2) is 13.0 Å². The number of carbonyl (C=O) groups excluding carboxylic acids is 1. The molecule has 0 aliphatic carbocycles. The van der Waals surface area contributed by atoms with Gasteiger partial charge in [-0.15, -0.1) is 0 Å². The SMILES string of the molecule is COc1ccc(N/C=C(/C#N)C(=O)NCc2ccc(Cl)cc2)cc1. The molecule has 122 valence electrons. The van der Waals surface area contributed by atoms with Gasteiger partial charge in [0.2, 0.25) is 0 Å². The Balaban J connectivity index is 1.94. The van der Waals surface area contributed by atoms with Crippen LogP contribution in [0.25, 0.3) is 0 Å². The minimum atomic E-state index is -0.450. The topological polar surface area (TPSA) is 74.1 Å². The Morgan fingerprint density at radius 3 is 2.46 bits per heavy atom. The van der Waals surface area contributed by atoms with Gasteiger partial charge in [-0.2, -0.15) is 5.26 Å². The summed E-state index contributed by atoms with van der Waals surface area (Å²) in [7, 11) is 1.58. The van der Waals surface area contributed by atoms with Gasteiger partial charge < -0.3 is 15.4 Å². The molecule has 2 rings (SSSR count). The molecule has 0 aliphatic rings. The standard InChI is InChI=1S/C18H16ClN3O2/c1-24-17-8-6-16(7-9-17)21-12-14(10-20)18(23)22-11-13-2-4-15(19)5-3-13/h2-9,12,21H,11H2,1H3,(H,22,23)/b14-12-. The molecule has 0 radical (unpaired) electrons. The zero-order chi connectivity index (χ0) is 17.4. The normalized spacial score (nSPS) is 10.6. The van der Waals surface area contributed by atoms with Crippen LogP contribution in [0, 0.1) is 11.3 Å². The third-order valence-electron chi connectivity index (χ3n) is 3.20. The second kappa shape index (κ2) is 8.61. The van der Waals surface area contributed by atoms with Gasteiger partial charge in [0, 0.05) is 23.5 Å². The maximum atomic E-state index is 12.0. The molecule has 0 heterocycles. The third-order valence-corrected chi connectivity index (χ3v) is 3.46. The molecule has 0 saturated carbocycles. The molecular weight excluding hydrogens is 326 g/mol. The van der Waals surface area contributed by atoms with E-state index in [0.29, 0.717) is 11.6 Å². The molecule has 0 atom stereocenters. The van der Waals surface area contributed by atoms with E-state index in [9.17, 15) is 4.79 Å². The van der Waals surface area contributed by atoms with Crippen LogP contribution in [0.2, 0.25) is 5.02 Å². The first kappa shape index (κ1) is 17.4. The fraction of sp³-hybridized carbons (Fsp3) is 0.111. The van der Waals surface area contributed by atoms with E-state index in [4.69, 9.17) is 21.6 Å². The van der Waals surface area contributed by atoms with Crippen molar-refractivity contribution in [2.45, 2.75) is 6.54 Å². The molecule has 5 nitrogen and oxygen atoms in total. The average Bonchev–Trinajstić information content (AvgIpc) is 2.62. The third kappa shape index (κ3) is 5.04. The number of methoxy groups -OCH3 is 1. The van der Waals surface area contributed by atoms with Crippen molar-refractivity contribution in [3.63, 3.8) is 0 Å². The molecule has 1 amide bonds. The summed E-state index contributed by atoms with van der Waals surface area (Å²) in [5, 5.41) is 15.4. The number of hydrogen-bond acceptors (Lipinski definition) is 4. The van der Waals surface area contributed by atoms with E-state index in [1.54, 1.807) is 43.5 Å². The van der Waals surface area contributed by atoms with Crippen molar-refractivity contribution in [3.05, 3.63) is 70.9 Å². The molecule has 0 bridgehead atoms. The van der Waals surface area contributed by atoms with Crippen LogP contribution in [0.1, 0.15) is 5.56 Å². The Hall–Kier alpha value is -2.97. The van der Waals surface area contributed by atoms with Crippen LogP contribution in [0.5, 0.6) is 5.75 Å². The second-order valence-corrected chi connectivity index (χ2v) is 5.29. The maximum absolute atomic E-state index is 12.0. The fourth-order valence-corrected chi connectivity index (χ4v) is 2.00. The number of amides is 1. The van der Waals surface area contributed by atoms with Crippen LogP contribution in [0.15, 0.2) is 60.3 Å². The minimum Gasteiger partial charge on any atom is -0.497 e. The van der Waals surface area contributed by atoms with Crippen LogP contribution in [0.4, 0.5) is 5.69 Å². The molecule has 0 aromatic heterocycles. The van der Waals surface area contributed by atoms with Crippen molar-refractivity contribution >= 4 is 23.2 Å². The molecular formula is C18H16ClN3O2. The molecule has 0 aliphatic heterocycles. The summed E-state index contributed by atoms with van der Waals surface area (Å²) in [6.07, 6.45) is 1.37. The van der Waals surface area contributed by atoms with Crippen molar-refractivity contribution in [3.8, 4) is 11.8 Å². The molecule has 6 heteroatoms. The van der Waals surface area contributed by atoms with E-state index in [1.807, 2.05) is 18.2 Å². The van der Waals surface area contributed by atoms with Gasteiger partial charge >= 0.3 is 0 Å². The number of nitrogens with one attached hydrogen (secondary N) is 2. The Labute approximate surface area is 145 Å². The number of carbonyl (C=O) groups is 1. The first-order chi connectivity index (χ1) is 11.6. The zero-order valence-corrected chi connectivity index (χ0v) is 13.8. The van der Waals surface area contributed by atoms with Gasteiger partial charge in [-0.3, -0.25) is 4.79 Å². The van der Waals surface area contributed by atoms with Gasteiger partial charge in [0.25, 0.3) is 5.91 Å². The highest BCUT2D eigenvalue weighted by Crippen LogP contribution is 2.15. The quantitative estimate of drug-likeness (QED) is 0.623. The number of anilines is 1. The van der Waals surface area contributed by atoms with Gasteiger partial charge in [0.05, 0.1) is 7.11 Å². The number of ether oxygens (including phenoxy) is 1. The Morgan fingerprint density at radius 2 is 1.88 bits per heavy atom. The van der Waals surface area contributed by atoms with Crippen LogP contribution in [-0.2, 0) is 11.3 Å². The number of nitrogens with zero attached hydrogens (tertiary/aromatic N) is 1. The number of halogens is 1. The van der Waals surface area contributed by atoms with E-state index >= 15 is 0 Å². The Bertz CT molecular complexity index is 762. The molecule has 0 saturated heterocycles. The highest BCUT2D eigenvalue weighted by molar-refractivity contribution is 6.30. The lowest BCUT2D eigenvalue weighted by molar-refractivity contribution is -0.117. The average molecular weight is 342 g/mol. The number of rotatable bonds is 6. The van der Waals surface area contributed by atoms with E-state index in [-0.39, 0.29) is 5.57 Å². The predicted octanol–water partition coefficient (Wildman–Crippen LogP) is 3.48. The van der Waals surface area contributed by atoms with E-state index in [0.717, 1.165) is 17.0 Å². The second-order valence-electron chi connectivity index (χ2n) is 4.85. The van der Waals surface area contributed by atoms with Gasteiger partial charge in [-0.05, 0) is 42.0 Å². The number of hydrogen-bond donors (Lipinski definition) is 2. The van der Waals surface area contributed by atoms with Gasteiger partial charge in [-0.25, -0.2) is 0 Å². The molecule has 0 fully saturated rings. The molecule has 2 aromatic rings. The molecule has 0 unspecified atom stereocenters. The van der Waals surface area contributed by atoms with Crippen LogP contribution < -0.4 is 15.4 Å². The summed E-state index contributed by atoms with van der Waals surface area (Å²) in [6, 6.07) is 16.1. The van der Waals surface area contributed by atoms with Gasteiger partial charge in [0.15, 0.2) is 0 Å². The number of benzene rings is 2. The fourth-order valence-electron chi connectivity index (χ4n) is 1.87. The summed E-state index contributed by atoms with van der Waals surface area (Å²) in [5.41, 5.74) is 1.63. The zero-order valence-electron chi connectivity index (χ0n) is 13.0. The first-order valence-corrected chi connectivity index (χ1v) is 7.53. The largest absolute Gasteiger partial charge is 0.497 e. The molecule has 24 heavy (non-hydrogen) atoms. The van der Waals surface area contributed by atoms with Gasteiger partial charge in [0.1, 0.15) is 17.4 Å². The predicted molar refractivity (Wildman–Crippen MR) is 93.6 cm³/mol. The molecule has 2 N–H and O–H groups in total.